The number of nitrogens with zero attached hydrogens (tertiary/aromatic N) is 4. The van der Waals surface area contributed by atoms with Gasteiger partial charge in [-0.05, 0) is 44.8 Å². The quantitative estimate of drug-likeness (QED) is 0.517. The van der Waals surface area contributed by atoms with Crippen molar-refractivity contribution in [3.63, 3.8) is 0 Å². The second kappa shape index (κ2) is 9.09. The Hall–Kier alpha value is -3.87. The van der Waals surface area contributed by atoms with Crippen LogP contribution in [0.1, 0.15) is 21.5 Å². The number of amides is 2. The van der Waals surface area contributed by atoms with Gasteiger partial charge in [-0.15, -0.1) is 0 Å². The van der Waals surface area contributed by atoms with E-state index in [1.165, 1.54) is 10.8 Å². The Kier molecular flexibility index (Phi) is 6.48. The largest absolute Gasteiger partial charge is 0.368 e. The van der Waals surface area contributed by atoms with E-state index >= 15 is 0 Å². The first-order valence-corrected chi connectivity index (χ1v) is 9.87. The topological polar surface area (TPSA) is 146 Å². The molecule has 0 atom stereocenters. The van der Waals surface area contributed by atoms with Crippen LogP contribution < -0.4 is 17.2 Å². The zero-order valence-electron chi connectivity index (χ0n) is 17.8. The van der Waals surface area contributed by atoms with Gasteiger partial charge >= 0.3 is 6.03 Å². The number of halogens is 1. The molecular weight excluding hydrogens is 430 g/mol. The Morgan fingerprint density at radius 1 is 1.19 bits per heavy atom. The molecule has 0 aliphatic carbocycles. The second-order valence-corrected chi connectivity index (χ2v) is 7.72. The summed E-state index contributed by atoms with van der Waals surface area (Å²) in [6.07, 6.45) is 1.43. The number of carbonyl (C=O) groups excluding carboxylic acids is 2. The van der Waals surface area contributed by atoms with E-state index < -0.39 is 11.9 Å². The summed E-state index contributed by atoms with van der Waals surface area (Å²) in [7, 11) is 3.70. The molecule has 0 bridgehead atoms. The number of hydrogen-bond donors (Lipinski definition) is 3. The molecule has 0 saturated heterocycles. The molecule has 10 heteroatoms. The molecule has 0 fully saturated rings. The number of carbonyl (C=O) groups is 2. The van der Waals surface area contributed by atoms with Crippen LogP contribution in [-0.2, 0) is 0 Å². The van der Waals surface area contributed by atoms with E-state index in [0.29, 0.717) is 17.1 Å². The number of nitrogens with two attached hydrogens (primary N) is 3. The van der Waals surface area contributed by atoms with E-state index in [1.807, 2.05) is 25.9 Å². The Labute approximate surface area is 190 Å². The number of aromatic nitrogens is 3. The predicted octanol–water partition coefficient (Wildman–Crippen LogP) is 2.09. The van der Waals surface area contributed by atoms with E-state index in [-0.39, 0.29) is 34.2 Å². The summed E-state index contributed by atoms with van der Waals surface area (Å²) in [6.45, 7) is 2.21. The Morgan fingerprint density at radius 3 is 2.50 bits per heavy atom. The van der Waals surface area contributed by atoms with Gasteiger partial charge in [-0.1, -0.05) is 29.5 Å². The highest BCUT2D eigenvalue weighted by atomic mass is 35.5. The van der Waals surface area contributed by atoms with Gasteiger partial charge in [0.2, 0.25) is 5.95 Å². The average molecular weight is 452 g/mol. The maximum atomic E-state index is 12.7. The molecule has 0 aliphatic rings. The monoisotopic (exact) mass is 451 g/mol. The highest BCUT2D eigenvalue weighted by Gasteiger charge is 2.31. The first-order chi connectivity index (χ1) is 15.1. The lowest BCUT2D eigenvalue weighted by molar-refractivity contribution is 0.100. The van der Waals surface area contributed by atoms with Crippen molar-refractivity contribution in [1.82, 2.24) is 19.4 Å². The summed E-state index contributed by atoms with van der Waals surface area (Å²) in [5, 5.41) is 0.409. The number of anilines is 1. The molecule has 3 aromatic rings. The van der Waals surface area contributed by atoms with Crippen LogP contribution in [0, 0.1) is 18.8 Å². The molecule has 6 N–H and O–H groups in total. The molecule has 164 valence electrons. The Morgan fingerprint density at radius 2 is 1.91 bits per heavy atom. The molecule has 3 rings (SSSR count). The molecule has 0 aliphatic heterocycles. The van der Waals surface area contributed by atoms with Gasteiger partial charge in [-0.25, -0.2) is 14.8 Å². The predicted molar refractivity (Wildman–Crippen MR) is 124 cm³/mol. The molecule has 9 nitrogen and oxygen atoms in total. The SMILES string of the molecule is Cc1ccc(Cl)cc1-c1c(C(N)=O)c(C#CCN(C)C)c(-c2ccnc(N)n2)n1C(N)=O. The summed E-state index contributed by atoms with van der Waals surface area (Å²) in [5.74, 6) is 5.16. The third-order valence-corrected chi connectivity index (χ3v) is 4.85. The van der Waals surface area contributed by atoms with E-state index in [4.69, 9.17) is 28.8 Å². The second-order valence-electron chi connectivity index (χ2n) is 7.28. The van der Waals surface area contributed by atoms with E-state index in [1.54, 1.807) is 24.3 Å². The van der Waals surface area contributed by atoms with Crippen molar-refractivity contribution in [3.8, 4) is 34.5 Å². The number of rotatable bonds is 4. The zero-order valence-corrected chi connectivity index (χ0v) is 18.6. The fraction of sp³-hybridized carbons (Fsp3) is 0.182. The molecule has 0 unspecified atom stereocenters. The van der Waals surface area contributed by atoms with Crippen LogP contribution in [0.4, 0.5) is 10.7 Å². The van der Waals surface area contributed by atoms with Crippen LogP contribution in [0.25, 0.3) is 22.6 Å². The summed E-state index contributed by atoms with van der Waals surface area (Å²) in [5.41, 5.74) is 19.5. The minimum atomic E-state index is -0.852. The first kappa shape index (κ1) is 22.8. The number of aryl methyl sites for hydroxylation is 1. The number of hydrogen-bond acceptors (Lipinski definition) is 6. The normalized spacial score (nSPS) is 10.7. The average Bonchev–Trinajstić information content (AvgIpc) is 3.05. The molecule has 0 saturated carbocycles. The summed E-state index contributed by atoms with van der Waals surface area (Å²) >= 11 is 6.22. The van der Waals surface area contributed by atoms with Crippen LogP contribution in [0.3, 0.4) is 0 Å². The molecule has 32 heavy (non-hydrogen) atoms. The third kappa shape index (κ3) is 4.42. The number of benzene rings is 1. The molecule has 2 heterocycles. The Bertz CT molecular complexity index is 1290. The molecule has 1 aromatic carbocycles. The van der Waals surface area contributed by atoms with E-state index in [0.717, 1.165) is 5.56 Å². The standard InChI is InChI=1S/C22H22ClN7O2/c1-12-6-7-13(23)11-15(12)19-17(20(24)31)14(5-4-10-29(2)3)18(30(19)22(26)32)16-8-9-27-21(25)28-16/h6-9,11H,10H2,1-3H3,(H2,24,31)(H2,26,32)(H2,25,27,28). The summed E-state index contributed by atoms with van der Waals surface area (Å²) in [6, 6.07) is 5.79. The smallest absolute Gasteiger partial charge is 0.324 e. The maximum Gasteiger partial charge on any atom is 0.324 e. The fourth-order valence-corrected chi connectivity index (χ4v) is 3.47. The first-order valence-electron chi connectivity index (χ1n) is 9.49. The van der Waals surface area contributed by atoms with Crippen molar-refractivity contribution in [1.29, 1.82) is 0 Å². The highest BCUT2D eigenvalue weighted by molar-refractivity contribution is 6.31. The van der Waals surface area contributed by atoms with Crippen LogP contribution >= 0.6 is 11.6 Å². The fourth-order valence-electron chi connectivity index (χ4n) is 3.29. The Balaban J connectivity index is 2.54. The third-order valence-electron chi connectivity index (χ3n) is 4.62. The van der Waals surface area contributed by atoms with Crippen LogP contribution in [-0.4, -0.2) is 52.0 Å². The van der Waals surface area contributed by atoms with Gasteiger partial charge in [0, 0.05) is 16.8 Å². The van der Waals surface area contributed by atoms with Gasteiger partial charge in [-0.2, -0.15) is 0 Å². The molecule has 2 aromatic heterocycles. The van der Waals surface area contributed by atoms with Crippen molar-refractivity contribution in [2.45, 2.75) is 6.92 Å². The minimum absolute atomic E-state index is 0.0203. The van der Waals surface area contributed by atoms with E-state index in [2.05, 4.69) is 21.8 Å². The number of nitrogen functional groups attached to an aromatic ring is 1. The lowest BCUT2D eigenvalue weighted by Gasteiger charge is -2.12. The number of primary amides is 2. The van der Waals surface area contributed by atoms with Crippen molar-refractivity contribution in [2.75, 3.05) is 26.4 Å². The summed E-state index contributed by atoms with van der Waals surface area (Å²) in [4.78, 5) is 35.4. The molecule has 0 spiro atoms. The lowest BCUT2D eigenvalue weighted by Crippen LogP contribution is -2.23. The van der Waals surface area contributed by atoms with Crippen LogP contribution in [0.2, 0.25) is 5.02 Å². The van der Waals surface area contributed by atoms with Crippen molar-refractivity contribution in [2.24, 2.45) is 11.5 Å². The van der Waals surface area contributed by atoms with E-state index in [9.17, 15) is 9.59 Å². The summed E-state index contributed by atoms with van der Waals surface area (Å²) < 4.78 is 1.17. The van der Waals surface area contributed by atoms with Crippen LogP contribution in [0.15, 0.2) is 30.5 Å². The van der Waals surface area contributed by atoms with Gasteiger partial charge in [0.15, 0.2) is 0 Å². The van der Waals surface area contributed by atoms with Gasteiger partial charge in [-0.3, -0.25) is 14.3 Å². The lowest BCUT2D eigenvalue weighted by atomic mass is 9.99. The molecule has 0 radical (unpaired) electrons. The van der Waals surface area contributed by atoms with Gasteiger partial charge in [0.1, 0.15) is 0 Å². The van der Waals surface area contributed by atoms with Crippen LogP contribution in [0.5, 0.6) is 0 Å². The molecule has 2 amide bonds. The molecular formula is C22H22ClN7O2. The van der Waals surface area contributed by atoms with Crippen molar-refractivity contribution >= 4 is 29.5 Å². The van der Waals surface area contributed by atoms with Gasteiger partial charge < -0.3 is 17.2 Å². The van der Waals surface area contributed by atoms with Gasteiger partial charge in [0.25, 0.3) is 5.91 Å². The minimum Gasteiger partial charge on any atom is -0.368 e. The van der Waals surface area contributed by atoms with Crippen molar-refractivity contribution in [3.05, 3.63) is 52.2 Å². The van der Waals surface area contributed by atoms with Gasteiger partial charge in [0.05, 0.1) is 34.8 Å². The highest BCUT2D eigenvalue weighted by Crippen LogP contribution is 2.38. The van der Waals surface area contributed by atoms with Crippen molar-refractivity contribution < 1.29 is 9.59 Å². The zero-order chi connectivity index (χ0) is 23.6. The maximum absolute atomic E-state index is 12.7.